The largest absolute Gasteiger partial charge is 0.340 e. The Morgan fingerprint density at radius 2 is 1.81 bits per heavy atom. The van der Waals surface area contributed by atoms with Crippen LogP contribution in [0.2, 0.25) is 0 Å². The second kappa shape index (κ2) is 7.64. The van der Waals surface area contributed by atoms with Crippen LogP contribution in [0.3, 0.4) is 0 Å². The van der Waals surface area contributed by atoms with Crippen LogP contribution in [0.5, 0.6) is 0 Å². The highest BCUT2D eigenvalue weighted by Crippen LogP contribution is 2.20. The number of imidazole rings is 1. The predicted molar refractivity (Wildman–Crippen MR) is 117 cm³/mol. The molecule has 0 fully saturated rings. The van der Waals surface area contributed by atoms with Crippen molar-refractivity contribution in [2.75, 3.05) is 0 Å². The third kappa shape index (κ3) is 3.75. The van der Waals surface area contributed by atoms with Crippen LogP contribution in [-0.4, -0.2) is 35.5 Å². The van der Waals surface area contributed by atoms with Crippen LogP contribution in [0.15, 0.2) is 60.7 Å². The van der Waals surface area contributed by atoms with Gasteiger partial charge in [-0.2, -0.15) is 4.98 Å². The first-order valence-corrected chi connectivity index (χ1v) is 10.1. The van der Waals surface area contributed by atoms with E-state index in [9.17, 15) is 4.79 Å². The van der Waals surface area contributed by atoms with E-state index >= 15 is 0 Å². The number of nitrogens with one attached hydrogen (secondary N) is 2. The van der Waals surface area contributed by atoms with E-state index in [1.807, 2.05) is 74.5 Å². The zero-order chi connectivity index (χ0) is 21.4. The maximum Gasteiger partial charge on any atom is 0.291 e. The quantitative estimate of drug-likeness (QED) is 0.462. The molecule has 0 spiro atoms. The molecule has 0 saturated carbocycles. The van der Waals surface area contributed by atoms with E-state index in [2.05, 4.69) is 25.4 Å². The topological polar surface area (TPSA) is 101 Å². The Bertz CT molecular complexity index is 1350. The van der Waals surface area contributed by atoms with Crippen molar-refractivity contribution in [1.29, 1.82) is 0 Å². The summed E-state index contributed by atoms with van der Waals surface area (Å²) in [7, 11) is 0. The van der Waals surface area contributed by atoms with E-state index in [1.54, 1.807) is 4.52 Å². The number of aromatic amines is 1. The second-order valence-corrected chi connectivity index (χ2v) is 7.54. The Kier molecular flexibility index (Phi) is 4.66. The molecule has 8 nitrogen and oxygen atoms in total. The Labute approximate surface area is 178 Å². The molecule has 1 atom stereocenters. The van der Waals surface area contributed by atoms with E-state index in [1.165, 1.54) is 0 Å². The van der Waals surface area contributed by atoms with Crippen molar-refractivity contribution in [2.24, 2.45) is 0 Å². The number of H-pyrrole nitrogens is 1. The lowest BCUT2D eigenvalue weighted by Crippen LogP contribution is -2.31. The molecule has 5 aromatic rings. The zero-order valence-electron chi connectivity index (χ0n) is 17.2. The first kappa shape index (κ1) is 18.9. The molecular weight excluding hydrogens is 390 g/mol. The summed E-state index contributed by atoms with van der Waals surface area (Å²) in [5.74, 6) is 0.803. The number of aryl methyl sites for hydroxylation is 2. The minimum absolute atomic E-state index is 0.0790. The number of para-hydroxylation sites is 2. The van der Waals surface area contributed by atoms with Gasteiger partial charge in [-0.15, -0.1) is 5.10 Å². The van der Waals surface area contributed by atoms with Gasteiger partial charge in [-0.05, 0) is 44.0 Å². The Balaban J connectivity index is 1.49. The summed E-state index contributed by atoms with van der Waals surface area (Å²) >= 11 is 0. The first-order chi connectivity index (χ1) is 15.1. The molecule has 3 aromatic heterocycles. The van der Waals surface area contributed by atoms with Crippen molar-refractivity contribution in [1.82, 2.24) is 34.9 Å². The van der Waals surface area contributed by atoms with E-state index in [0.29, 0.717) is 18.0 Å². The fourth-order valence-electron chi connectivity index (χ4n) is 3.69. The van der Waals surface area contributed by atoms with Gasteiger partial charge in [0, 0.05) is 11.4 Å². The zero-order valence-corrected chi connectivity index (χ0v) is 17.2. The summed E-state index contributed by atoms with van der Waals surface area (Å²) in [6.45, 7) is 3.80. The van der Waals surface area contributed by atoms with Gasteiger partial charge in [-0.3, -0.25) is 4.79 Å². The van der Waals surface area contributed by atoms with Gasteiger partial charge in [0.15, 0.2) is 0 Å². The molecule has 2 aromatic carbocycles. The number of fused-ring (bicyclic) bond motifs is 2. The van der Waals surface area contributed by atoms with Crippen LogP contribution >= 0.6 is 0 Å². The molecule has 154 valence electrons. The van der Waals surface area contributed by atoms with Gasteiger partial charge in [0.2, 0.25) is 5.82 Å². The van der Waals surface area contributed by atoms with Gasteiger partial charge >= 0.3 is 0 Å². The smallest absolute Gasteiger partial charge is 0.291 e. The molecule has 1 amide bonds. The molecule has 31 heavy (non-hydrogen) atoms. The molecule has 0 bridgehead atoms. The van der Waals surface area contributed by atoms with Crippen LogP contribution in [0, 0.1) is 13.8 Å². The lowest BCUT2D eigenvalue weighted by molar-refractivity contribution is 0.0924. The number of hydrogen-bond acceptors (Lipinski definition) is 5. The highest BCUT2D eigenvalue weighted by Gasteiger charge is 2.23. The molecule has 0 unspecified atom stereocenters. The van der Waals surface area contributed by atoms with E-state index in [-0.39, 0.29) is 17.8 Å². The van der Waals surface area contributed by atoms with E-state index in [0.717, 1.165) is 28.0 Å². The van der Waals surface area contributed by atoms with Gasteiger partial charge in [-0.25, -0.2) is 14.5 Å². The summed E-state index contributed by atoms with van der Waals surface area (Å²) in [5.41, 5.74) is 4.56. The normalized spacial score (nSPS) is 12.3. The fraction of sp³-hybridized carbons (Fsp3) is 0.174. The van der Waals surface area contributed by atoms with Crippen LogP contribution in [0.1, 0.15) is 39.4 Å². The van der Waals surface area contributed by atoms with Crippen molar-refractivity contribution in [2.45, 2.75) is 26.3 Å². The van der Waals surface area contributed by atoms with Crippen LogP contribution < -0.4 is 5.32 Å². The van der Waals surface area contributed by atoms with Crippen molar-refractivity contribution in [3.8, 4) is 0 Å². The number of rotatable bonds is 5. The maximum atomic E-state index is 13.1. The van der Waals surface area contributed by atoms with Crippen molar-refractivity contribution in [3.05, 3.63) is 89.3 Å². The van der Waals surface area contributed by atoms with Crippen LogP contribution in [0.25, 0.3) is 16.8 Å². The van der Waals surface area contributed by atoms with Crippen LogP contribution in [-0.2, 0) is 6.42 Å². The van der Waals surface area contributed by atoms with Crippen molar-refractivity contribution >= 4 is 22.7 Å². The summed E-state index contributed by atoms with van der Waals surface area (Å²) < 4.78 is 1.58. The molecule has 8 heteroatoms. The summed E-state index contributed by atoms with van der Waals surface area (Å²) in [4.78, 5) is 29.8. The lowest BCUT2D eigenvalue weighted by atomic mass is 10.1. The van der Waals surface area contributed by atoms with Crippen LogP contribution in [0.4, 0.5) is 0 Å². The number of nitrogens with zero attached hydrogens (tertiary/aromatic N) is 5. The predicted octanol–water partition coefficient (Wildman–Crippen LogP) is 3.33. The molecule has 0 saturated heterocycles. The molecular formula is C23H21N7O. The monoisotopic (exact) mass is 411 g/mol. The summed E-state index contributed by atoms with van der Waals surface area (Å²) in [6, 6.07) is 19.3. The molecule has 0 aliphatic rings. The molecule has 2 N–H and O–H groups in total. The maximum absolute atomic E-state index is 13.1. The Morgan fingerprint density at radius 1 is 1.03 bits per heavy atom. The number of carbonyl (C=O) groups excluding carboxylic acids is 1. The molecule has 5 rings (SSSR count). The minimum atomic E-state index is -0.371. The van der Waals surface area contributed by atoms with E-state index in [4.69, 9.17) is 4.98 Å². The molecule has 0 radical (unpaired) electrons. The highest BCUT2D eigenvalue weighted by atomic mass is 16.2. The average molecular weight is 411 g/mol. The van der Waals surface area contributed by atoms with Gasteiger partial charge in [-0.1, -0.05) is 42.5 Å². The van der Waals surface area contributed by atoms with Gasteiger partial charge in [0.05, 0.1) is 17.1 Å². The second-order valence-electron chi connectivity index (χ2n) is 7.54. The van der Waals surface area contributed by atoms with E-state index < -0.39 is 0 Å². The van der Waals surface area contributed by atoms with Gasteiger partial charge in [0.25, 0.3) is 11.7 Å². The number of carbonyl (C=O) groups is 1. The standard InChI is InChI=1S/C23H21N7O/c1-14-12-15(2)30-23(24-14)28-21(29-30)22(31)27-19(13-16-8-4-3-5-9-16)20-25-17-10-6-7-11-18(17)26-20/h3-12,19H,13H2,1-2H3,(H,25,26)(H,27,31)/t19-/m1/s1. The number of amides is 1. The Hall–Kier alpha value is -4.07. The number of benzene rings is 2. The third-order valence-corrected chi connectivity index (χ3v) is 5.15. The third-order valence-electron chi connectivity index (χ3n) is 5.15. The van der Waals surface area contributed by atoms with Gasteiger partial charge in [0.1, 0.15) is 5.82 Å². The molecule has 0 aliphatic carbocycles. The van der Waals surface area contributed by atoms with Crippen molar-refractivity contribution < 1.29 is 4.79 Å². The average Bonchev–Trinajstić information content (AvgIpc) is 3.38. The minimum Gasteiger partial charge on any atom is -0.340 e. The Morgan fingerprint density at radius 3 is 2.61 bits per heavy atom. The fourth-order valence-corrected chi connectivity index (χ4v) is 3.69. The SMILES string of the molecule is Cc1cc(C)n2nc(C(=O)N[C@H](Cc3ccccc3)c3nc4ccccc4[nH]3)nc2n1. The summed E-state index contributed by atoms with van der Waals surface area (Å²) in [6.07, 6.45) is 0.580. The van der Waals surface area contributed by atoms with Crippen molar-refractivity contribution in [3.63, 3.8) is 0 Å². The molecule has 0 aliphatic heterocycles. The lowest BCUT2D eigenvalue weighted by Gasteiger charge is -2.16. The number of hydrogen-bond donors (Lipinski definition) is 2. The first-order valence-electron chi connectivity index (χ1n) is 10.1. The number of aromatic nitrogens is 6. The highest BCUT2D eigenvalue weighted by molar-refractivity contribution is 5.91. The molecule has 3 heterocycles. The summed E-state index contributed by atoms with van der Waals surface area (Å²) in [5, 5.41) is 7.41. The van der Waals surface area contributed by atoms with Gasteiger partial charge < -0.3 is 10.3 Å².